The van der Waals surface area contributed by atoms with Gasteiger partial charge in [-0.15, -0.1) is 0 Å². The van der Waals surface area contributed by atoms with Crippen LogP contribution < -0.4 is 5.73 Å². The van der Waals surface area contributed by atoms with E-state index in [0.717, 1.165) is 6.42 Å². The normalized spacial score (nSPS) is 9.08. The molecule has 0 aliphatic heterocycles. The van der Waals surface area contributed by atoms with Crippen LogP contribution in [0.25, 0.3) is 0 Å². The Bertz CT molecular complexity index is 175. The Labute approximate surface area is 72.9 Å². The van der Waals surface area contributed by atoms with E-state index in [1.54, 1.807) is 0 Å². The van der Waals surface area contributed by atoms with Crippen molar-refractivity contribution in [2.24, 2.45) is 5.73 Å². The van der Waals surface area contributed by atoms with Gasteiger partial charge in [-0.1, -0.05) is 19.2 Å². The van der Waals surface area contributed by atoms with Gasteiger partial charge >= 0.3 is 5.97 Å². The van der Waals surface area contributed by atoms with Crippen LogP contribution in [0.5, 0.6) is 0 Å². The maximum absolute atomic E-state index is 11.0. The average Bonchev–Trinajstić information content (AvgIpc) is 2.10. The largest absolute Gasteiger partial charge is 0.458 e. The van der Waals surface area contributed by atoms with Gasteiger partial charge in [0.15, 0.2) is 0 Å². The summed E-state index contributed by atoms with van der Waals surface area (Å²) in [5.41, 5.74) is 5.74. The van der Waals surface area contributed by atoms with Crippen molar-refractivity contribution < 1.29 is 9.53 Å². The molecular weight excluding hydrogens is 154 g/mol. The molecule has 0 aromatic heterocycles. The van der Waals surface area contributed by atoms with Crippen LogP contribution >= 0.6 is 0 Å². The Hall–Kier alpha value is -1.09. The SMILES string of the molecule is C=CCOC(=O)C(=C)CCCN. The molecule has 0 aliphatic rings. The van der Waals surface area contributed by atoms with E-state index in [1.165, 1.54) is 6.08 Å². The molecule has 0 aromatic rings. The number of esters is 1. The van der Waals surface area contributed by atoms with Crippen molar-refractivity contribution in [2.75, 3.05) is 13.2 Å². The summed E-state index contributed by atoms with van der Waals surface area (Å²) in [6.07, 6.45) is 2.89. The molecule has 68 valence electrons. The molecule has 0 unspecified atom stereocenters. The van der Waals surface area contributed by atoms with Crippen LogP contribution in [0.4, 0.5) is 0 Å². The molecule has 0 radical (unpaired) electrons. The van der Waals surface area contributed by atoms with Crippen LogP contribution in [0, 0.1) is 0 Å². The summed E-state index contributed by atoms with van der Waals surface area (Å²) in [6, 6.07) is 0. The van der Waals surface area contributed by atoms with E-state index in [1.807, 2.05) is 0 Å². The maximum atomic E-state index is 11.0. The third-order valence-electron chi connectivity index (χ3n) is 1.30. The molecule has 0 saturated carbocycles. The summed E-state index contributed by atoms with van der Waals surface area (Å²) in [5, 5.41) is 0. The van der Waals surface area contributed by atoms with Gasteiger partial charge in [0.2, 0.25) is 0 Å². The lowest BCUT2D eigenvalue weighted by atomic mass is 10.2. The molecule has 0 aromatic carbocycles. The predicted octanol–water partition coefficient (Wildman–Crippen LogP) is 1.01. The highest BCUT2D eigenvalue weighted by molar-refractivity contribution is 5.87. The smallest absolute Gasteiger partial charge is 0.333 e. The molecule has 0 fully saturated rings. The van der Waals surface area contributed by atoms with Crippen molar-refractivity contribution in [3.05, 3.63) is 24.8 Å². The number of ether oxygens (including phenoxy) is 1. The van der Waals surface area contributed by atoms with Crippen LogP contribution in [0.3, 0.4) is 0 Å². The Morgan fingerprint density at radius 3 is 2.75 bits per heavy atom. The minimum absolute atomic E-state index is 0.237. The number of hydrogen-bond donors (Lipinski definition) is 1. The molecule has 0 saturated heterocycles. The zero-order valence-electron chi connectivity index (χ0n) is 7.21. The molecule has 3 nitrogen and oxygen atoms in total. The summed E-state index contributed by atoms with van der Waals surface area (Å²) in [6.45, 7) is 7.81. The lowest BCUT2D eigenvalue weighted by molar-refractivity contribution is -0.137. The Morgan fingerprint density at radius 1 is 1.58 bits per heavy atom. The predicted molar refractivity (Wildman–Crippen MR) is 48.6 cm³/mol. The number of rotatable bonds is 6. The van der Waals surface area contributed by atoms with Gasteiger partial charge in [0.05, 0.1) is 0 Å². The molecule has 0 amide bonds. The lowest BCUT2D eigenvalue weighted by Gasteiger charge is -2.03. The van der Waals surface area contributed by atoms with E-state index in [0.29, 0.717) is 18.5 Å². The van der Waals surface area contributed by atoms with Crippen LogP contribution in [-0.4, -0.2) is 19.1 Å². The van der Waals surface area contributed by atoms with Gasteiger partial charge in [0.25, 0.3) is 0 Å². The summed E-state index contributed by atoms with van der Waals surface area (Å²) < 4.78 is 4.75. The molecular formula is C9H15NO2. The van der Waals surface area contributed by atoms with Gasteiger partial charge in [0, 0.05) is 5.57 Å². The van der Waals surface area contributed by atoms with Crippen LogP contribution in [-0.2, 0) is 9.53 Å². The van der Waals surface area contributed by atoms with E-state index in [-0.39, 0.29) is 12.6 Å². The minimum atomic E-state index is -0.358. The first kappa shape index (κ1) is 10.9. The van der Waals surface area contributed by atoms with Crippen molar-refractivity contribution in [1.82, 2.24) is 0 Å². The molecule has 0 aliphatic carbocycles. The number of nitrogens with two attached hydrogens (primary N) is 1. The van der Waals surface area contributed by atoms with Gasteiger partial charge in [-0.25, -0.2) is 4.79 Å². The fraction of sp³-hybridized carbons (Fsp3) is 0.444. The fourth-order valence-electron chi connectivity index (χ4n) is 0.654. The third-order valence-corrected chi connectivity index (χ3v) is 1.30. The molecule has 0 bridgehead atoms. The molecule has 0 spiro atoms. The van der Waals surface area contributed by atoms with Crippen LogP contribution in [0.2, 0.25) is 0 Å². The zero-order chi connectivity index (χ0) is 9.40. The van der Waals surface area contributed by atoms with E-state index in [2.05, 4.69) is 13.2 Å². The summed E-state index contributed by atoms with van der Waals surface area (Å²) in [7, 11) is 0. The second-order valence-corrected chi connectivity index (χ2v) is 2.38. The van der Waals surface area contributed by atoms with Crippen molar-refractivity contribution >= 4 is 5.97 Å². The van der Waals surface area contributed by atoms with Gasteiger partial charge < -0.3 is 10.5 Å². The Morgan fingerprint density at radius 2 is 2.25 bits per heavy atom. The lowest BCUT2D eigenvalue weighted by Crippen LogP contribution is -2.08. The third kappa shape index (κ3) is 4.68. The van der Waals surface area contributed by atoms with Gasteiger partial charge in [-0.3, -0.25) is 0 Å². The minimum Gasteiger partial charge on any atom is -0.458 e. The average molecular weight is 169 g/mol. The monoisotopic (exact) mass is 169 g/mol. The fourth-order valence-corrected chi connectivity index (χ4v) is 0.654. The van der Waals surface area contributed by atoms with Gasteiger partial charge in [-0.2, -0.15) is 0 Å². The first-order valence-electron chi connectivity index (χ1n) is 3.88. The van der Waals surface area contributed by atoms with E-state index < -0.39 is 0 Å². The molecule has 0 heterocycles. The topological polar surface area (TPSA) is 52.3 Å². The molecule has 2 N–H and O–H groups in total. The van der Waals surface area contributed by atoms with Gasteiger partial charge in [0.1, 0.15) is 6.61 Å². The summed E-state index contributed by atoms with van der Waals surface area (Å²) >= 11 is 0. The standard InChI is InChI=1S/C9H15NO2/c1-3-7-12-9(11)8(2)5-4-6-10/h3H,1-2,4-7,10H2. The first-order chi connectivity index (χ1) is 5.72. The highest BCUT2D eigenvalue weighted by Gasteiger charge is 2.05. The van der Waals surface area contributed by atoms with E-state index in [9.17, 15) is 4.79 Å². The second kappa shape index (κ2) is 6.61. The molecule has 12 heavy (non-hydrogen) atoms. The highest BCUT2D eigenvalue weighted by atomic mass is 16.5. The Kier molecular flexibility index (Phi) is 6.01. The van der Waals surface area contributed by atoms with Crippen LogP contribution in [0.15, 0.2) is 24.8 Å². The molecule has 0 rings (SSSR count). The zero-order valence-corrected chi connectivity index (χ0v) is 7.21. The van der Waals surface area contributed by atoms with Crippen molar-refractivity contribution in [3.8, 4) is 0 Å². The maximum Gasteiger partial charge on any atom is 0.333 e. The molecule has 3 heteroatoms. The van der Waals surface area contributed by atoms with Crippen molar-refractivity contribution in [2.45, 2.75) is 12.8 Å². The quantitative estimate of drug-likeness (QED) is 0.367. The van der Waals surface area contributed by atoms with Gasteiger partial charge in [-0.05, 0) is 19.4 Å². The number of carbonyl (C=O) groups is 1. The van der Waals surface area contributed by atoms with Crippen molar-refractivity contribution in [1.29, 1.82) is 0 Å². The first-order valence-corrected chi connectivity index (χ1v) is 3.88. The molecule has 0 atom stereocenters. The van der Waals surface area contributed by atoms with E-state index in [4.69, 9.17) is 10.5 Å². The number of hydrogen-bond acceptors (Lipinski definition) is 3. The Balaban J connectivity index is 3.61. The summed E-state index contributed by atoms with van der Waals surface area (Å²) in [5.74, 6) is -0.358. The van der Waals surface area contributed by atoms with E-state index >= 15 is 0 Å². The van der Waals surface area contributed by atoms with Crippen LogP contribution in [0.1, 0.15) is 12.8 Å². The number of carbonyl (C=O) groups excluding carboxylic acids is 1. The second-order valence-electron chi connectivity index (χ2n) is 2.38. The van der Waals surface area contributed by atoms with Crippen molar-refractivity contribution in [3.63, 3.8) is 0 Å². The summed E-state index contributed by atoms with van der Waals surface area (Å²) in [4.78, 5) is 11.0. The highest BCUT2D eigenvalue weighted by Crippen LogP contribution is 2.03.